The number of hydrogen-bond acceptors (Lipinski definition) is 3. The van der Waals surface area contributed by atoms with Gasteiger partial charge in [0.1, 0.15) is 5.75 Å². The Morgan fingerprint density at radius 3 is 2.47 bits per heavy atom. The van der Waals surface area contributed by atoms with E-state index in [1.54, 1.807) is 25.1 Å². The van der Waals surface area contributed by atoms with Crippen molar-refractivity contribution < 1.29 is 24.5 Å². The zero-order valence-corrected chi connectivity index (χ0v) is 9.64. The van der Waals surface area contributed by atoms with Crippen molar-refractivity contribution in [3.8, 4) is 5.75 Å². The molecule has 17 heavy (non-hydrogen) atoms. The average Bonchev–Trinajstić information content (AvgIpc) is 2.26. The number of carboxylic acid groups (broad SMARTS) is 2. The van der Waals surface area contributed by atoms with Crippen molar-refractivity contribution in [2.75, 3.05) is 7.11 Å². The average molecular weight is 238 g/mol. The molecule has 92 valence electrons. The molecule has 0 aliphatic heterocycles. The summed E-state index contributed by atoms with van der Waals surface area (Å²) in [5.74, 6) is -2.79. The van der Waals surface area contributed by atoms with Crippen molar-refractivity contribution in [3.05, 3.63) is 29.3 Å². The third kappa shape index (κ3) is 2.96. The van der Waals surface area contributed by atoms with E-state index in [1.165, 1.54) is 7.11 Å². The number of aliphatic carboxylic acids is 2. The Morgan fingerprint density at radius 2 is 2.00 bits per heavy atom. The first-order chi connectivity index (χ1) is 7.97. The Balaban J connectivity index is 3.18. The third-order valence-electron chi connectivity index (χ3n) is 2.60. The molecule has 1 aromatic rings. The summed E-state index contributed by atoms with van der Waals surface area (Å²) in [5.41, 5.74) is 1.13. The molecule has 0 aliphatic rings. The van der Waals surface area contributed by atoms with Crippen molar-refractivity contribution in [1.29, 1.82) is 0 Å². The van der Waals surface area contributed by atoms with Gasteiger partial charge in [0.25, 0.3) is 0 Å². The van der Waals surface area contributed by atoms with E-state index < -0.39 is 24.3 Å². The van der Waals surface area contributed by atoms with Gasteiger partial charge in [0.05, 0.1) is 19.4 Å². The van der Waals surface area contributed by atoms with Crippen LogP contribution in [-0.4, -0.2) is 29.3 Å². The predicted octanol–water partition coefficient (Wildman–Crippen LogP) is 1.65. The number of rotatable bonds is 5. The van der Waals surface area contributed by atoms with Crippen LogP contribution in [-0.2, 0) is 9.59 Å². The van der Waals surface area contributed by atoms with E-state index in [9.17, 15) is 9.59 Å². The lowest BCUT2D eigenvalue weighted by molar-refractivity contribution is -0.145. The zero-order valence-electron chi connectivity index (χ0n) is 9.64. The van der Waals surface area contributed by atoms with Crippen LogP contribution in [0.25, 0.3) is 0 Å². The standard InChI is InChI=1S/C12H14O5/c1-7-8(4-3-5-10(7)17-2)9(12(15)16)6-11(13)14/h3-5,9H,6H2,1-2H3,(H,13,14)(H,15,16). The molecule has 0 radical (unpaired) electrons. The van der Waals surface area contributed by atoms with Gasteiger partial charge in [-0.1, -0.05) is 12.1 Å². The van der Waals surface area contributed by atoms with Crippen molar-refractivity contribution in [3.63, 3.8) is 0 Å². The van der Waals surface area contributed by atoms with Crippen LogP contribution in [0.5, 0.6) is 5.75 Å². The first kappa shape index (κ1) is 13.0. The van der Waals surface area contributed by atoms with Crippen LogP contribution in [0, 0.1) is 6.92 Å². The van der Waals surface area contributed by atoms with Crippen molar-refractivity contribution in [2.45, 2.75) is 19.3 Å². The lowest BCUT2D eigenvalue weighted by atomic mass is 9.91. The highest BCUT2D eigenvalue weighted by Gasteiger charge is 2.25. The van der Waals surface area contributed by atoms with Gasteiger partial charge >= 0.3 is 11.9 Å². The predicted molar refractivity (Wildman–Crippen MR) is 60.4 cm³/mol. The quantitative estimate of drug-likeness (QED) is 0.814. The molecule has 5 heteroatoms. The Bertz CT molecular complexity index is 439. The van der Waals surface area contributed by atoms with Gasteiger partial charge in [0.2, 0.25) is 0 Å². The first-order valence-corrected chi connectivity index (χ1v) is 5.05. The molecule has 0 aliphatic carbocycles. The topological polar surface area (TPSA) is 83.8 Å². The van der Waals surface area contributed by atoms with E-state index >= 15 is 0 Å². The lowest BCUT2D eigenvalue weighted by Gasteiger charge is -2.15. The monoisotopic (exact) mass is 238 g/mol. The summed E-state index contributed by atoms with van der Waals surface area (Å²) >= 11 is 0. The molecule has 1 aromatic carbocycles. The van der Waals surface area contributed by atoms with E-state index in [2.05, 4.69) is 0 Å². The lowest BCUT2D eigenvalue weighted by Crippen LogP contribution is -2.17. The minimum absolute atomic E-state index is 0.441. The molecule has 0 aromatic heterocycles. The number of carboxylic acids is 2. The molecule has 2 N–H and O–H groups in total. The molecule has 0 fully saturated rings. The third-order valence-corrected chi connectivity index (χ3v) is 2.60. The Labute approximate surface area is 98.6 Å². The van der Waals surface area contributed by atoms with Gasteiger partial charge in [-0.15, -0.1) is 0 Å². The van der Waals surface area contributed by atoms with Crippen LogP contribution in [0.3, 0.4) is 0 Å². The molecule has 0 saturated heterocycles. The van der Waals surface area contributed by atoms with Gasteiger partial charge < -0.3 is 14.9 Å². The van der Waals surface area contributed by atoms with Crippen LogP contribution in [0.4, 0.5) is 0 Å². The van der Waals surface area contributed by atoms with Crippen LogP contribution < -0.4 is 4.74 Å². The van der Waals surface area contributed by atoms with Gasteiger partial charge in [-0.05, 0) is 24.1 Å². The second-order valence-corrected chi connectivity index (χ2v) is 3.66. The number of carbonyl (C=O) groups is 2. The highest BCUT2D eigenvalue weighted by atomic mass is 16.5. The maximum atomic E-state index is 11.1. The Kier molecular flexibility index (Phi) is 4.09. The van der Waals surface area contributed by atoms with E-state index in [1.807, 2.05) is 0 Å². The molecule has 0 spiro atoms. The largest absolute Gasteiger partial charge is 0.496 e. The van der Waals surface area contributed by atoms with Crippen LogP contribution in [0.2, 0.25) is 0 Å². The summed E-state index contributed by atoms with van der Waals surface area (Å²) in [7, 11) is 1.49. The highest BCUT2D eigenvalue weighted by Crippen LogP contribution is 2.29. The van der Waals surface area contributed by atoms with Gasteiger partial charge in [-0.3, -0.25) is 9.59 Å². The second-order valence-electron chi connectivity index (χ2n) is 3.66. The maximum absolute atomic E-state index is 11.1. The van der Waals surface area contributed by atoms with Crippen molar-refractivity contribution >= 4 is 11.9 Å². The molecular formula is C12H14O5. The van der Waals surface area contributed by atoms with Gasteiger partial charge in [-0.25, -0.2) is 0 Å². The van der Waals surface area contributed by atoms with Gasteiger partial charge in [0.15, 0.2) is 0 Å². The number of hydrogen-bond donors (Lipinski definition) is 2. The Hall–Kier alpha value is -2.04. The minimum atomic E-state index is -1.15. The second kappa shape index (κ2) is 5.34. The maximum Gasteiger partial charge on any atom is 0.311 e. The fraction of sp³-hybridized carbons (Fsp3) is 0.333. The highest BCUT2D eigenvalue weighted by molar-refractivity contribution is 5.83. The molecule has 5 nitrogen and oxygen atoms in total. The SMILES string of the molecule is COc1cccc(C(CC(=O)O)C(=O)O)c1C. The summed E-state index contributed by atoms with van der Waals surface area (Å²) in [5, 5.41) is 17.8. The molecule has 0 saturated carbocycles. The molecule has 1 rings (SSSR count). The first-order valence-electron chi connectivity index (χ1n) is 5.05. The smallest absolute Gasteiger partial charge is 0.311 e. The van der Waals surface area contributed by atoms with E-state index in [4.69, 9.17) is 14.9 Å². The van der Waals surface area contributed by atoms with Crippen LogP contribution in [0.1, 0.15) is 23.5 Å². The minimum Gasteiger partial charge on any atom is -0.496 e. The summed E-state index contributed by atoms with van der Waals surface area (Å²) in [4.78, 5) is 21.7. The van der Waals surface area contributed by atoms with E-state index in [-0.39, 0.29) is 0 Å². The van der Waals surface area contributed by atoms with E-state index in [0.29, 0.717) is 16.9 Å². The van der Waals surface area contributed by atoms with E-state index in [0.717, 1.165) is 0 Å². The van der Waals surface area contributed by atoms with Crippen LogP contribution >= 0.6 is 0 Å². The molecule has 1 unspecified atom stereocenters. The summed E-state index contributed by atoms with van der Waals surface area (Å²) in [6.45, 7) is 1.71. The number of methoxy groups -OCH3 is 1. The fourth-order valence-corrected chi connectivity index (χ4v) is 1.73. The summed E-state index contributed by atoms with van der Waals surface area (Å²) < 4.78 is 5.08. The van der Waals surface area contributed by atoms with Crippen LogP contribution in [0.15, 0.2) is 18.2 Å². The van der Waals surface area contributed by atoms with Crippen molar-refractivity contribution in [2.24, 2.45) is 0 Å². The number of benzene rings is 1. The van der Waals surface area contributed by atoms with Gasteiger partial charge in [0, 0.05) is 0 Å². The summed E-state index contributed by atoms with van der Waals surface area (Å²) in [6, 6.07) is 4.97. The fourth-order valence-electron chi connectivity index (χ4n) is 1.73. The Morgan fingerprint density at radius 1 is 1.35 bits per heavy atom. The molecule has 0 amide bonds. The van der Waals surface area contributed by atoms with Gasteiger partial charge in [-0.2, -0.15) is 0 Å². The summed E-state index contributed by atoms with van der Waals surface area (Å²) in [6.07, 6.45) is -0.441. The zero-order chi connectivity index (χ0) is 13.0. The number of ether oxygens (including phenoxy) is 1. The molecule has 0 heterocycles. The molecular weight excluding hydrogens is 224 g/mol. The van der Waals surface area contributed by atoms with Crippen molar-refractivity contribution in [1.82, 2.24) is 0 Å². The molecule has 1 atom stereocenters. The molecule has 0 bridgehead atoms. The normalized spacial score (nSPS) is 11.9.